The zero-order valence-electron chi connectivity index (χ0n) is 12.7. The van der Waals surface area contributed by atoms with Crippen molar-refractivity contribution in [1.82, 2.24) is 5.32 Å². The Morgan fingerprint density at radius 1 is 1.00 bits per heavy atom. The summed E-state index contributed by atoms with van der Waals surface area (Å²) in [5, 5.41) is 3.80. The molecule has 2 aliphatic rings. The van der Waals surface area contributed by atoms with Crippen molar-refractivity contribution in [2.24, 2.45) is 0 Å². The van der Waals surface area contributed by atoms with Crippen LogP contribution in [0.15, 0.2) is 48.5 Å². The van der Waals surface area contributed by atoms with Gasteiger partial charge in [0, 0.05) is 18.5 Å². The van der Waals surface area contributed by atoms with Gasteiger partial charge in [0.15, 0.2) is 0 Å². The van der Waals surface area contributed by atoms with Gasteiger partial charge >= 0.3 is 0 Å². The van der Waals surface area contributed by atoms with Gasteiger partial charge < -0.3 is 5.32 Å². The zero-order chi connectivity index (χ0) is 14.2. The van der Waals surface area contributed by atoms with E-state index in [2.05, 4.69) is 60.8 Å². The van der Waals surface area contributed by atoms with Crippen molar-refractivity contribution in [2.75, 3.05) is 0 Å². The molecule has 0 saturated carbocycles. The van der Waals surface area contributed by atoms with E-state index in [1.165, 1.54) is 24.0 Å². The third kappa shape index (κ3) is 2.30. The average molecular weight is 277 g/mol. The first-order valence-electron chi connectivity index (χ1n) is 8.22. The summed E-state index contributed by atoms with van der Waals surface area (Å²) in [4.78, 5) is 0. The van der Waals surface area contributed by atoms with Gasteiger partial charge in [-0.05, 0) is 47.4 Å². The van der Waals surface area contributed by atoms with Crippen LogP contribution in [0.25, 0.3) is 0 Å². The predicted molar refractivity (Wildman–Crippen MR) is 87.6 cm³/mol. The van der Waals surface area contributed by atoms with Gasteiger partial charge in [-0.15, -0.1) is 0 Å². The zero-order valence-corrected chi connectivity index (χ0v) is 12.7. The molecule has 0 aromatic heterocycles. The Morgan fingerprint density at radius 2 is 1.86 bits per heavy atom. The van der Waals surface area contributed by atoms with Gasteiger partial charge in [0.25, 0.3) is 0 Å². The first kappa shape index (κ1) is 13.1. The fourth-order valence-electron chi connectivity index (χ4n) is 4.27. The second-order valence-electron chi connectivity index (χ2n) is 6.68. The lowest BCUT2D eigenvalue weighted by atomic mass is 9.70. The predicted octanol–water partition coefficient (Wildman–Crippen LogP) is 4.38. The van der Waals surface area contributed by atoms with Crippen LogP contribution in [0.4, 0.5) is 0 Å². The van der Waals surface area contributed by atoms with E-state index < -0.39 is 0 Å². The van der Waals surface area contributed by atoms with Crippen molar-refractivity contribution < 1.29 is 0 Å². The van der Waals surface area contributed by atoms with Crippen molar-refractivity contribution in [1.29, 1.82) is 0 Å². The first-order chi connectivity index (χ1) is 10.3. The molecule has 1 aliphatic heterocycles. The van der Waals surface area contributed by atoms with Gasteiger partial charge in [-0.25, -0.2) is 0 Å². The Morgan fingerprint density at radius 3 is 2.71 bits per heavy atom. The summed E-state index contributed by atoms with van der Waals surface area (Å²) in [6.07, 6.45) is 3.80. The van der Waals surface area contributed by atoms with E-state index in [9.17, 15) is 0 Å². The van der Waals surface area contributed by atoms with Crippen LogP contribution in [0.2, 0.25) is 0 Å². The molecule has 2 aromatic rings. The Kier molecular flexibility index (Phi) is 3.31. The highest BCUT2D eigenvalue weighted by Gasteiger charge is 2.35. The van der Waals surface area contributed by atoms with Gasteiger partial charge in [0.2, 0.25) is 0 Å². The van der Waals surface area contributed by atoms with Crippen molar-refractivity contribution >= 4 is 0 Å². The SMILES string of the molecule is CC1CCC2c3c(cccc31)CNC2Cc1ccccc1. The molecular weight excluding hydrogens is 254 g/mol. The quantitative estimate of drug-likeness (QED) is 0.859. The third-order valence-electron chi connectivity index (χ3n) is 5.38. The molecule has 0 bridgehead atoms. The number of nitrogens with one attached hydrogen (secondary N) is 1. The highest BCUT2D eigenvalue weighted by atomic mass is 14.9. The smallest absolute Gasteiger partial charge is 0.0211 e. The largest absolute Gasteiger partial charge is 0.309 e. The van der Waals surface area contributed by atoms with Crippen LogP contribution in [-0.4, -0.2) is 6.04 Å². The van der Waals surface area contributed by atoms with E-state index >= 15 is 0 Å². The van der Waals surface area contributed by atoms with E-state index in [0.29, 0.717) is 12.0 Å². The molecule has 1 nitrogen and oxygen atoms in total. The van der Waals surface area contributed by atoms with Crippen LogP contribution in [-0.2, 0) is 13.0 Å². The summed E-state index contributed by atoms with van der Waals surface area (Å²) in [6.45, 7) is 3.42. The van der Waals surface area contributed by atoms with Crippen LogP contribution >= 0.6 is 0 Å². The minimum atomic E-state index is 0.591. The summed E-state index contributed by atoms with van der Waals surface area (Å²) >= 11 is 0. The lowest BCUT2D eigenvalue weighted by Crippen LogP contribution is -2.42. The number of hydrogen-bond acceptors (Lipinski definition) is 1. The fraction of sp³-hybridized carbons (Fsp3) is 0.400. The van der Waals surface area contributed by atoms with Crippen LogP contribution in [0.3, 0.4) is 0 Å². The highest BCUT2D eigenvalue weighted by molar-refractivity contribution is 5.44. The standard InChI is InChI=1S/C20H23N/c1-14-10-11-18-19(12-15-6-3-2-4-7-15)21-13-16-8-5-9-17(14)20(16)18/h2-9,14,18-19,21H,10-13H2,1H3. The van der Waals surface area contributed by atoms with Crippen molar-refractivity contribution in [3.63, 3.8) is 0 Å². The second kappa shape index (κ2) is 5.31. The molecule has 0 spiro atoms. The highest BCUT2D eigenvalue weighted by Crippen LogP contribution is 2.44. The minimum Gasteiger partial charge on any atom is -0.309 e. The summed E-state index contributed by atoms with van der Waals surface area (Å²) in [5.74, 6) is 1.42. The molecule has 2 aromatic carbocycles. The molecule has 0 fully saturated rings. The Balaban J connectivity index is 1.68. The van der Waals surface area contributed by atoms with E-state index in [1.807, 2.05) is 0 Å². The normalized spacial score (nSPS) is 27.2. The molecule has 1 N–H and O–H groups in total. The van der Waals surface area contributed by atoms with Crippen LogP contribution in [0.5, 0.6) is 0 Å². The summed E-state index contributed by atoms with van der Waals surface area (Å²) in [5.41, 5.74) is 6.28. The average Bonchev–Trinajstić information content (AvgIpc) is 2.53. The molecule has 3 unspecified atom stereocenters. The molecule has 0 saturated heterocycles. The molecule has 1 heteroatoms. The lowest BCUT2D eigenvalue weighted by molar-refractivity contribution is 0.349. The molecule has 1 heterocycles. The van der Waals surface area contributed by atoms with Crippen molar-refractivity contribution in [3.05, 3.63) is 70.8 Å². The first-order valence-corrected chi connectivity index (χ1v) is 8.22. The Hall–Kier alpha value is -1.60. The molecule has 0 amide bonds. The molecule has 0 radical (unpaired) electrons. The van der Waals surface area contributed by atoms with E-state index in [0.717, 1.165) is 18.9 Å². The maximum Gasteiger partial charge on any atom is 0.0211 e. The molecule has 108 valence electrons. The van der Waals surface area contributed by atoms with Crippen LogP contribution < -0.4 is 5.32 Å². The van der Waals surface area contributed by atoms with E-state index in [1.54, 1.807) is 11.1 Å². The molecule has 4 rings (SSSR count). The summed E-state index contributed by atoms with van der Waals surface area (Å²) in [6, 6.07) is 18.4. The summed E-state index contributed by atoms with van der Waals surface area (Å²) < 4.78 is 0. The molecule has 21 heavy (non-hydrogen) atoms. The van der Waals surface area contributed by atoms with E-state index in [-0.39, 0.29) is 0 Å². The molecule has 1 aliphatic carbocycles. The second-order valence-corrected chi connectivity index (χ2v) is 6.68. The van der Waals surface area contributed by atoms with Crippen molar-refractivity contribution in [3.8, 4) is 0 Å². The van der Waals surface area contributed by atoms with Crippen molar-refractivity contribution in [2.45, 2.75) is 50.6 Å². The number of hydrogen-bond donors (Lipinski definition) is 1. The Bertz CT molecular complexity index is 632. The number of rotatable bonds is 2. The van der Waals surface area contributed by atoms with Gasteiger partial charge in [-0.1, -0.05) is 55.5 Å². The van der Waals surface area contributed by atoms with E-state index in [4.69, 9.17) is 0 Å². The lowest BCUT2D eigenvalue weighted by Gasteiger charge is -2.41. The van der Waals surface area contributed by atoms with Gasteiger partial charge in [-0.3, -0.25) is 0 Å². The third-order valence-corrected chi connectivity index (χ3v) is 5.38. The summed E-state index contributed by atoms with van der Waals surface area (Å²) in [7, 11) is 0. The Labute approximate surface area is 127 Å². The molecular formula is C20H23N. The maximum absolute atomic E-state index is 3.80. The maximum atomic E-state index is 3.80. The molecule has 3 atom stereocenters. The van der Waals surface area contributed by atoms with Crippen LogP contribution in [0, 0.1) is 0 Å². The number of benzene rings is 2. The monoisotopic (exact) mass is 277 g/mol. The van der Waals surface area contributed by atoms with Gasteiger partial charge in [0.05, 0.1) is 0 Å². The van der Waals surface area contributed by atoms with Crippen LogP contribution in [0.1, 0.15) is 53.9 Å². The van der Waals surface area contributed by atoms with Gasteiger partial charge in [-0.2, -0.15) is 0 Å². The fourth-order valence-corrected chi connectivity index (χ4v) is 4.27. The van der Waals surface area contributed by atoms with Gasteiger partial charge in [0.1, 0.15) is 0 Å². The topological polar surface area (TPSA) is 12.0 Å². The minimum absolute atomic E-state index is 0.591.